The van der Waals surface area contributed by atoms with Crippen LogP contribution in [0.1, 0.15) is 39.4 Å². The number of carbonyl (C=O) groups is 2. The van der Waals surface area contributed by atoms with Gasteiger partial charge in [-0.3, -0.25) is 9.59 Å². The molecule has 2 aromatic heterocycles. The van der Waals surface area contributed by atoms with Crippen molar-refractivity contribution < 1.29 is 19.1 Å². The van der Waals surface area contributed by atoms with Gasteiger partial charge in [-0.15, -0.1) is 11.3 Å². The Hall–Kier alpha value is -3.45. The molecule has 0 saturated heterocycles. The third-order valence-electron chi connectivity index (χ3n) is 5.48. The zero-order chi connectivity index (χ0) is 22.8. The van der Waals surface area contributed by atoms with Crippen LogP contribution in [-0.2, 0) is 7.05 Å². The summed E-state index contributed by atoms with van der Waals surface area (Å²) >= 11 is 1.68. The van der Waals surface area contributed by atoms with Gasteiger partial charge >= 0.3 is 0 Å². The van der Waals surface area contributed by atoms with E-state index in [1.165, 1.54) is 17.4 Å². The number of fused-ring (bicyclic) bond motifs is 1. The predicted octanol–water partition coefficient (Wildman–Crippen LogP) is 5.47. The highest BCUT2D eigenvalue weighted by Gasteiger charge is 2.19. The first-order chi connectivity index (χ1) is 15.4. The number of benzene rings is 2. The zero-order valence-corrected chi connectivity index (χ0v) is 19.3. The van der Waals surface area contributed by atoms with Crippen LogP contribution in [0.25, 0.3) is 21.3 Å². The molecule has 0 spiro atoms. The summed E-state index contributed by atoms with van der Waals surface area (Å²) in [5.74, 6) is 1.09. The Morgan fingerprint density at radius 1 is 1.03 bits per heavy atom. The van der Waals surface area contributed by atoms with Gasteiger partial charge in [0.15, 0.2) is 28.9 Å². The fraction of sp³-hybridized carbons (Fsp3) is 0.240. The largest absolute Gasteiger partial charge is 0.493 e. The molecule has 7 heteroatoms. The van der Waals surface area contributed by atoms with Crippen LogP contribution in [0, 0.1) is 6.92 Å². The Morgan fingerprint density at radius 3 is 2.53 bits per heavy atom. The van der Waals surface area contributed by atoms with Gasteiger partial charge in [-0.1, -0.05) is 18.2 Å². The molecule has 0 aliphatic heterocycles. The first-order valence-electron chi connectivity index (χ1n) is 10.2. The van der Waals surface area contributed by atoms with Crippen molar-refractivity contribution in [3.63, 3.8) is 0 Å². The van der Waals surface area contributed by atoms with Crippen LogP contribution in [0.2, 0.25) is 0 Å². The Morgan fingerprint density at radius 2 is 1.78 bits per heavy atom. The Kier molecular flexibility index (Phi) is 6.10. The van der Waals surface area contributed by atoms with Gasteiger partial charge in [-0.05, 0) is 30.7 Å². The molecular formula is C25H24N2O4S. The SMILES string of the molecule is COc1ccc(C(=O)CCC(=O)c2nc(-c3csc4c(C)cccc34)cn2C)cc1OC. The number of thiophene rings is 1. The Balaban J connectivity index is 1.50. The summed E-state index contributed by atoms with van der Waals surface area (Å²) < 4.78 is 13.4. The number of methoxy groups -OCH3 is 2. The van der Waals surface area contributed by atoms with Gasteiger partial charge in [0, 0.05) is 52.7 Å². The molecule has 0 fully saturated rings. The van der Waals surface area contributed by atoms with Crippen LogP contribution in [0.4, 0.5) is 0 Å². The molecule has 0 atom stereocenters. The van der Waals surface area contributed by atoms with Crippen LogP contribution in [0.5, 0.6) is 11.5 Å². The number of imidazole rings is 1. The second-order valence-corrected chi connectivity index (χ2v) is 8.46. The van der Waals surface area contributed by atoms with Crippen LogP contribution >= 0.6 is 11.3 Å². The molecule has 4 rings (SSSR count). The summed E-state index contributed by atoms with van der Waals surface area (Å²) in [5.41, 5.74) is 3.49. The van der Waals surface area contributed by atoms with E-state index in [1.54, 1.807) is 48.3 Å². The third kappa shape index (κ3) is 4.03. The van der Waals surface area contributed by atoms with E-state index in [1.807, 2.05) is 12.3 Å². The van der Waals surface area contributed by atoms with Crippen molar-refractivity contribution >= 4 is 33.0 Å². The molecular weight excluding hydrogens is 424 g/mol. The van der Waals surface area contributed by atoms with Gasteiger partial charge in [-0.2, -0.15) is 0 Å². The summed E-state index contributed by atoms with van der Waals surface area (Å²) in [5, 5.41) is 3.21. The predicted molar refractivity (Wildman–Crippen MR) is 126 cm³/mol. The molecule has 0 unspecified atom stereocenters. The van der Waals surface area contributed by atoms with Crippen LogP contribution in [0.15, 0.2) is 48.0 Å². The summed E-state index contributed by atoms with van der Waals surface area (Å²) in [6, 6.07) is 11.2. The molecule has 0 amide bonds. The number of aryl methyl sites for hydroxylation is 2. The molecule has 2 aromatic carbocycles. The number of nitrogens with zero attached hydrogens (tertiary/aromatic N) is 2. The first-order valence-corrected chi connectivity index (χ1v) is 11.1. The van der Waals surface area contributed by atoms with Crippen LogP contribution in [-0.4, -0.2) is 35.3 Å². The van der Waals surface area contributed by atoms with Gasteiger partial charge in [0.05, 0.1) is 19.9 Å². The highest BCUT2D eigenvalue weighted by atomic mass is 32.1. The second-order valence-electron chi connectivity index (χ2n) is 7.58. The topological polar surface area (TPSA) is 70.4 Å². The average Bonchev–Trinajstić information content (AvgIpc) is 3.41. The van der Waals surface area contributed by atoms with Crippen molar-refractivity contribution in [3.05, 3.63) is 64.9 Å². The zero-order valence-electron chi connectivity index (χ0n) is 18.5. The molecule has 0 aliphatic carbocycles. The van der Waals surface area contributed by atoms with E-state index in [0.29, 0.717) is 22.9 Å². The van der Waals surface area contributed by atoms with Crippen LogP contribution in [0.3, 0.4) is 0 Å². The fourth-order valence-electron chi connectivity index (χ4n) is 3.75. The smallest absolute Gasteiger partial charge is 0.198 e. The van der Waals surface area contributed by atoms with Gasteiger partial charge in [-0.25, -0.2) is 4.98 Å². The number of ether oxygens (including phenoxy) is 2. The molecule has 164 valence electrons. The van der Waals surface area contributed by atoms with Gasteiger partial charge in [0.25, 0.3) is 0 Å². The summed E-state index contributed by atoms with van der Waals surface area (Å²) in [7, 11) is 4.87. The minimum Gasteiger partial charge on any atom is -0.493 e. The number of rotatable bonds is 8. The Bertz CT molecular complexity index is 1320. The molecule has 2 heterocycles. The molecule has 0 aliphatic rings. The monoisotopic (exact) mass is 448 g/mol. The molecule has 0 saturated carbocycles. The minimum atomic E-state index is -0.164. The van der Waals surface area contributed by atoms with E-state index in [-0.39, 0.29) is 24.4 Å². The highest BCUT2D eigenvalue weighted by Crippen LogP contribution is 2.35. The van der Waals surface area contributed by atoms with Crippen molar-refractivity contribution in [1.82, 2.24) is 9.55 Å². The van der Waals surface area contributed by atoms with Gasteiger partial charge in [0.2, 0.25) is 0 Å². The standard InChI is InChI=1S/C25H24N2O4S/c1-15-6-5-7-17-18(14-32-24(15)17)19-13-27(2)25(26-19)21(29)10-9-20(28)16-8-11-22(30-3)23(12-16)31-4/h5-8,11-14H,9-10H2,1-4H3. The lowest BCUT2D eigenvalue weighted by atomic mass is 10.0. The van der Waals surface area contributed by atoms with Crippen molar-refractivity contribution in [3.8, 4) is 22.8 Å². The number of aromatic nitrogens is 2. The average molecular weight is 449 g/mol. The molecule has 32 heavy (non-hydrogen) atoms. The third-order valence-corrected chi connectivity index (χ3v) is 6.61. The molecule has 0 N–H and O–H groups in total. The lowest BCUT2D eigenvalue weighted by molar-refractivity contribution is 0.0910. The van der Waals surface area contributed by atoms with Crippen molar-refractivity contribution in [2.24, 2.45) is 7.05 Å². The van der Waals surface area contributed by atoms with Gasteiger partial charge in [0.1, 0.15) is 0 Å². The minimum absolute atomic E-state index is 0.0843. The number of carbonyl (C=O) groups excluding carboxylic acids is 2. The van der Waals surface area contributed by atoms with E-state index in [4.69, 9.17) is 9.47 Å². The summed E-state index contributed by atoms with van der Waals surface area (Å²) in [4.78, 5) is 30.1. The molecule has 0 bridgehead atoms. The molecule has 0 radical (unpaired) electrons. The van der Waals surface area contributed by atoms with Crippen LogP contribution < -0.4 is 9.47 Å². The first kappa shape index (κ1) is 21.8. The van der Waals surface area contributed by atoms with E-state index in [9.17, 15) is 9.59 Å². The number of ketones is 2. The van der Waals surface area contributed by atoms with Crippen molar-refractivity contribution in [2.45, 2.75) is 19.8 Å². The maximum Gasteiger partial charge on any atom is 0.198 e. The van der Waals surface area contributed by atoms with E-state index in [0.717, 1.165) is 16.6 Å². The molecule has 4 aromatic rings. The number of hydrogen-bond donors (Lipinski definition) is 0. The highest BCUT2D eigenvalue weighted by molar-refractivity contribution is 7.18. The maximum atomic E-state index is 12.8. The maximum absolute atomic E-state index is 12.8. The second kappa shape index (κ2) is 8.96. The van der Waals surface area contributed by atoms with E-state index in [2.05, 4.69) is 29.4 Å². The van der Waals surface area contributed by atoms with Gasteiger partial charge < -0.3 is 14.0 Å². The molecule has 6 nitrogen and oxygen atoms in total. The lowest BCUT2D eigenvalue weighted by Gasteiger charge is -2.09. The fourth-order valence-corrected chi connectivity index (χ4v) is 4.79. The normalized spacial score (nSPS) is 11.0. The van der Waals surface area contributed by atoms with Crippen molar-refractivity contribution in [1.29, 1.82) is 0 Å². The van der Waals surface area contributed by atoms with Crippen molar-refractivity contribution in [2.75, 3.05) is 14.2 Å². The summed E-state index contributed by atoms with van der Waals surface area (Å²) in [6.45, 7) is 2.09. The Labute approximate surface area is 190 Å². The van der Waals surface area contributed by atoms with E-state index >= 15 is 0 Å². The lowest BCUT2D eigenvalue weighted by Crippen LogP contribution is -2.10. The van der Waals surface area contributed by atoms with E-state index < -0.39 is 0 Å². The number of hydrogen-bond acceptors (Lipinski definition) is 6. The summed E-state index contributed by atoms with van der Waals surface area (Å²) in [6.07, 6.45) is 2.05. The number of Topliss-reactive ketones (excluding diaryl/α,β-unsaturated/α-hetero) is 2. The quantitative estimate of drug-likeness (QED) is 0.334.